The lowest BCUT2D eigenvalue weighted by atomic mass is 9.89. The third-order valence-corrected chi connectivity index (χ3v) is 5.59. The van der Waals surface area contributed by atoms with Crippen molar-refractivity contribution in [3.8, 4) is 17.4 Å². The zero-order chi connectivity index (χ0) is 28.4. The molecule has 3 N–H and O–H groups in total. The summed E-state index contributed by atoms with van der Waals surface area (Å²) in [6, 6.07) is 17.5. The number of ether oxygens (including phenoxy) is 3. The third kappa shape index (κ3) is 9.24. The van der Waals surface area contributed by atoms with Gasteiger partial charge in [0.05, 0.1) is 11.0 Å². The minimum absolute atomic E-state index is 0.128. The van der Waals surface area contributed by atoms with Gasteiger partial charge < -0.3 is 29.7 Å². The smallest absolute Gasteiger partial charge is 0.407 e. The van der Waals surface area contributed by atoms with Crippen LogP contribution in [0.5, 0.6) is 17.4 Å². The van der Waals surface area contributed by atoms with Crippen molar-refractivity contribution >= 4 is 11.8 Å². The number of carbonyl (C=O) groups is 1. The maximum atomic E-state index is 12.6. The Labute approximate surface area is 226 Å². The van der Waals surface area contributed by atoms with Crippen LogP contribution in [0.3, 0.4) is 0 Å². The van der Waals surface area contributed by atoms with Gasteiger partial charge in [-0.25, -0.2) is 9.78 Å². The van der Waals surface area contributed by atoms with Gasteiger partial charge in [-0.2, -0.15) is 0 Å². The molecule has 0 fully saturated rings. The van der Waals surface area contributed by atoms with Gasteiger partial charge >= 0.3 is 11.8 Å². The topological polar surface area (TPSA) is 153 Å². The summed E-state index contributed by atoms with van der Waals surface area (Å²) in [7, 11) is 0. The van der Waals surface area contributed by atoms with Crippen LogP contribution in [0.2, 0.25) is 0 Å². The molecule has 0 aliphatic rings. The number of benzene rings is 2. The molecule has 2 aromatic carbocycles. The second kappa shape index (κ2) is 13.5. The molecular formula is C28H33N3O8. The number of rotatable bonds is 12. The third-order valence-electron chi connectivity index (χ3n) is 5.59. The Morgan fingerprint density at radius 1 is 1.05 bits per heavy atom. The van der Waals surface area contributed by atoms with Gasteiger partial charge in [0.1, 0.15) is 29.8 Å². The van der Waals surface area contributed by atoms with E-state index >= 15 is 0 Å². The van der Waals surface area contributed by atoms with Gasteiger partial charge in [0.2, 0.25) is 0 Å². The molecule has 0 radical (unpaired) electrons. The fourth-order valence-electron chi connectivity index (χ4n) is 3.79. The number of nitrogens with zero attached hydrogens (tertiary/aromatic N) is 2. The molecule has 1 heterocycles. The number of aliphatic hydroxyl groups is 2. The fourth-order valence-corrected chi connectivity index (χ4v) is 3.79. The Balaban J connectivity index is 1.73. The Morgan fingerprint density at radius 3 is 2.36 bits per heavy atom. The maximum Gasteiger partial charge on any atom is 0.407 e. The van der Waals surface area contributed by atoms with Gasteiger partial charge in [-0.1, -0.05) is 30.3 Å². The van der Waals surface area contributed by atoms with Crippen LogP contribution in [-0.2, 0) is 11.2 Å². The highest BCUT2D eigenvalue weighted by Gasteiger charge is 2.32. The minimum Gasteiger partial charge on any atom is -0.491 e. The van der Waals surface area contributed by atoms with Crippen LogP contribution in [-0.4, -0.2) is 57.2 Å². The maximum absolute atomic E-state index is 12.6. The van der Waals surface area contributed by atoms with Crippen molar-refractivity contribution in [2.24, 2.45) is 5.92 Å². The lowest BCUT2D eigenvalue weighted by Gasteiger charge is -2.32. The van der Waals surface area contributed by atoms with Gasteiger partial charge in [-0.15, -0.1) is 0 Å². The molecule has 208 valence electrons. The molecule has 0 saturated heterocycles. The Bertz CT molecular complexity index is 1220. The van der Waals surface area contributed by atoms with E-state index in [1.807, 2.05) is 6.07 Å². The van der Waals surface area contributed by atoms with Crippen molar-refractivity contribution in [3.05, 3.63) is 88.6 Å². The lowest BCUT2D eigenvalue weighted by Crippen LogP contribution is -2.53. The molecule has 0 saturated carbocycles. The second-order valence-electron chi connectivity index (χ2n) is 9.84. The van der Waals surface area contributed by atoms with Crippen LogP contribution in [0.15, 0.2) is 72.9 Å². The first-order valence-corrected chi connectivity index (χ1v) is 12.4. The van der Waals surface area contributed by atoms with E-state index in [4.69, 9.17) is 14.2 Å². The van der Waals surface area contributed by atoms with E-state index in [9.17, 15) is 25.1 Å². The second-order valence-corrected chi connectivity index (χ2v) is 9.84. The number of alkyl carbamates (subject to hydrolysis) is 1. The first kappa shape index (κ1) is 29.3. The van der Waals surface area contributed by atoms with Gasteiger partial charge in [0.15, 0.2) is 0 Å². The summed E-state index contributed by atoms with van der Waals surface area (Å²) in [6.07, 6.45) is -0.219. The molecule has 11 nitrogen and oxygen atoms in total. The largest absolute Gasteiger partial charge is 0.491 e. The minimum atomic E-state index is -1.16. The van der Waals surface area contributed by atoms with E-state index < -0.39 is 34.7 Å². The van der Waals surface area contributed by atoms with Gasteiger partial charge in [-0.05, 0) is 63.1 Å². The van der Waals surface area contributed by atoms with Crippen LogP contribution >= 0.6 is 0 Å². The van der Waals surface area contributed by atoms with Gasteiger partial charge in [0, 0.05) is 24.8 Å². The van der Waals surface area contributed by atoms with Gasteiger partial charge in [-0.3, -0.25) is 10.1 Å². The molecule has 1 amide bonds. The highest BCUT2D eigenvalue weighted by atomic mass is 16.6. The highest BCUT2D eigenvalue weighted by Crippen LogP contribution is 2.29. The molecule has 0 spiro atoms. The number of nitrogens with one attached hydrogen (secondary N) is 1. The predicted molar refractivity (Wildman–Crippen MR) is 143 cm³/mol. The van der Waals surface area contributed by atoms with Crippen LogP contribution in [0.1, 0.15) is 26.3 Å². The predicted octanol–water partition coefficient (Wildman–Crippen LogP) is 4.27. The number of amides is 1. The van der Waals surface area contributed by atoms with Crippen LogP contribution in [0, 0.1) is 16.0 Å². The Hall–Kier alpha value is -4.22. The monoisotopic (exact) mass is 539 g/mol. The van der Waals surface area contributed by atoms with E-state index in [0.29, 0.717) is 11.5 Å². The van der Waals surface area contributed by atoms with Gasteiger partial charge in [0.25, 0.3) is 5.88 Å². The average molecular weight is 540 g/mol. The quantitative estimate of drug-likeness (QED) is 0.226. The van der Waals surface area contributed by atoms with Crippen LogP contribution in [0.25, 0.3) is 0 Å². The van der Waals surface area contributed by atoms with Crippen molar-refractivity contribution in [1.29, 1.82) is 0 Å². The molecule has 1 aromatic heterocycles. The van der Waals surface area contributed by atoms with Crippen molar-refractivity contribution in [2.45, 2.75) is 44.9 Å². The first-order valence-electron chi connectivity index (χ1n) is 12.4. The van der Waals surface area contributed by atoms with E-state index in [1.165, 1.54) is 18.3 Å². The summed E-state index contributed by atoms with van der Waals surface area (Å²) < 4.78 is 16.6. The van der Waals surface area contributed by atoms with Crippen LogP contribution in [0.4, 0.5) is 10.5 Å². The molecule has 3 aromatic rings. The molecule has 3 rings (SSSR count). The molecule has 3 atom stereocenters. The Kier molecular flexibility index (Phi) is 10.2. The number of hydrogen-bond acceptors (Lipinski definition) is 9. The number of nitro groups is 1. The van der Waals surface area contributed by atoms with Crippen molar-refractivity contribution in [1.82, 2.24) is 10.3 Å². The lowest BCUT2D eigenvalue weighted by molar-refractivity contribution is -0.386. The number of aliphatic hydroxyl groups excluding tert-OH is 2. The Morgan fingerprint density at radius 2 is 1.74 bits per heavy atom. The van der Waals surface area contributed by atoms with Crippen molar-refractivity contribution < 1.29 is 34.1 Å². The standard InChI is InChI=1S/C28H33N3O8/c1-28(2,3)39-27(34)30-25(24(33)18-37-21-8-5-4-6-9-21)20(17-32)16-19-11-13-22(14-12-19)38-26-23(31(35)36)10-7-15-29-26/h4-15,20,24-25,32-33H,16-18H2,1-3H3,(H,30,34)/t20-,24-,25?/m1/s1. The molecule has 0 aliphatic heterocycles. The number of para-hydroxylation sites is 1. The van der Waals surface area contributed by atoms with Crippen molar-refractivity contribution in [2.75, 3.05) is 13.2 Å². The van der Waals surface area contributed by atoms with Crippen molar-refractivity contribution in [3.63, 3.8) is 0 Å². The molecule has 1 unspecified atom stereocenters. The molecule has 0 bridgehead atoms. The molecular weight excluding hydrogens is 506 g/mol. The molecule has 39 heavy (non-hydrogen) atoms. The summed E-state index contributed by atoms with van der Waals surface area (Å²) >= 11 is 0. The summed E-state index contributed by atoms with van der Waals surface area (Å²) in [5, 5.41) is 35.1. The summed E-state index contributed by atoms with van der Waals surface area (Å²) in [4.78, 5) is 27.1. The summed E-state index contributed by atoms with van der Waals surface area (Å²) in [6.45, 7) is 4.70. The first-order chi connectivity index (χ1) is 18.6. The number of pyridine rings is 1. The van der Waals surface area contributed by atoms with Crippen LogP contribution < -0.4 is 14.8 Å². The number of hydrogen-bond donors (Lipinski definition) is 3. The molecule has 11 heteroatoms. The SMILES string of the molecule is CC(C)(C)OC(=O)NC([C@@H](CO)Cc1ccc(Oc2ncccc2[N+](=O)[O-])cc1)[C@H](O)COc1ccccc1. The van der Waals surface area contributed by atoms with E-state index in [1.54, 1.807) is 69.3 Å². The highest BCUT2D eigenvalue weighted by molar-refractivity contribution is 5.68. The van der Waals surface area contributed by atoms with E-state index in [2.05, 4.69) is 10.3 Å². The summed E-state index contributed by atoms with van der Waals surface area (Å²) in [5.41, 5.74) is -0.248. The normalized spacial score (nSPS) is 13.6. The average Bonchev–Trinajstić information content (AvgIpc) is 2.90. The van der Waals surface area contributed by atoms with E-state index in [0.717, 1.165) is 5.56 Å². The zero-order valence-corrected chi connectivity index (χ0v) is 22.0. The fraction of sp³-hybridized carbons (Fsp3) is 0.357. The van der Waals surface area contributed by atoms with E-state index in [-0.39, 0.29) is 31.2 Å². The zero-order valence-electron chi connectivity index (χ0n) is 22.0. The number of carbonyl (C=O) groups excluding carboxylic acids is 1. The summed E-state index contributed by atoms with van der Waals surface area (Å²) in [5.74, 6) is 0.153. The molecule has 0 aliphatic carbocycles. The number of aromatic nitrogens is 1.